The van der Waals surface area contributed by atoms with Gasteiger partial charge in [-0.3, -0.25) is 0 Å². The SMILES string of the molecule is O[C@@H]1COC2[C@H](Oc3nc4nc(OCc5ccsc5)c(Cl)cc4[nH]3)CO[C@@H]21. The van der Waals surface area contributed by atoms with Crippen LogP contribution in [0.25, 0.3) is 11.2 Å². The number of aromatic nitrogens is 3. The Labute approximate surface area is 163 Å². The summed E-state index contributed by atoms with van der Waals surface area (Å²) in [6, 6.07) is 3.98. The van der Waals surface area contributed by atoms with Crippen molar-refractivity contribution in [2.75, 3.05) is 13.2 Å². The average molecular weight is 410 g/mol. The molecule has 142 valence electrons. The molecule has 5 rings (SSSR count). The number of fused-ring (bicyclic) bond motifs is 2. The monoisotopic (exact) mass is 409 g/mol. The molecule has 3 aromatic rings. The number of rotatable bonds is 5. The molecular formula is C17H16ClN3O5S. The van der Waals surface area contributed by atoms with Gasteiger partial charge in [0.2, 0.25) is 5.88 Å². The number of hydrogen-bond acceptors (Lipinski definition) is 8. The highest BCUT2D eigenvalue weighted by Gasteiger charge is 2.48. The summed E-state index contributed by atoms with van der Waals surface area (Å²) in [5.41, 5.74) is 2.14. The van der Waals surface area contributed by atoms with E-state index in [-0.39, 0.29) is 24.9 Å². The number of nitrogens with one attached hydrogen (secondary N) is 1. The van der Waals surface area contributed by atoms with Crippen molar-refractivity contribution >= 4 is 34.1 Å². The number of aliphatic hydroxyl groups is 1. The van der Waals surface area contributed by atoms with Crippen LogP contribution in [0.2, 0.25) is 5.02 Å². The predicted octanol–water partition coefficient (Wildman–Crippen LogP) is 2.16. The van der Waals surface area contributed by atoms with Crippen LogP contribution < -0.4 is 9.47 Å². The summed E-state index contributed by atoms with van der Waals surface area (Å²) in [6.45, 7) is 0.960. The third-order valence-corrected chi connectivity index (χ3v) is 5.58. The van der Waals surface area contributed by atoms with Crippen LogP contribution in [0.5, 0.6) is 11.9 Å². The minimum Gasteiger partial charge on any atom is -0.472 e. The van der Waals surface area contributed by atoms with Gasteiger partial charge >= 0.3 is 0 Å². The molecule has 2 aliphatic rings. The molecule has 27 heavy (non-hydrogen) atoms. The van der Waals surface area contributed by atoms with Crippen LogP contribution in [-0.2, 0) is 16.1 Å². The number of aromatic amines is 1. The molecule has 8 nitrogen and oxygen atoms in total. The molecule has 0 saturated carbocycles. The second-order valence-electron chi connectivity index (χ2n) is 6.43. The fraction of sp³-hybridized carbons (Fsp3) is 0.412. The zero-order valence-corrected chi connectivity index (χ0v) is 15.6. The van der Waals surface area contributed by atoms with Gasteiger partial charge in [0.25, 0.3) is 6.01 Å². The summed E-state index contributed by atoms with van der Waals surface area (Å²) >= 11 is 7.87. The number of halogens is 1. The minimum absolute atomic E-state index is 0.247. The molecule has 0 radical (unpaired) electrons. The normalized spacial score (nSPS) is 27.2. The number of imidazole rings is 1. The van der Waals surface area contributed by atoms with Crippen molar-refractivity contribution in [1.29, 1.82) is 0 Å². The largest absolute Gasteiger partial charge is 0.472 e. The Morgan fingerprint density at radius 3 is 3.04 bits per heavy atom. The van der Waals surface area contributed by atoms with E-state index in [0.717, 1.165) is 5.56 Å². The molecule has 2 saturated heterocycles. The van der Waals surface area contributed by atoms with Gasteiger partial charge in [0.05, 0.1) is 18.7 Å². The number of ether oxygens (including phenoxy) is 4. The van der Waals surface area contributed by atoms with Gasteiger partial charge in [-0.25, -0.2) is 0 Å². The highest BCUT2D eigenvalue weighted by molar-refractivity contribution is 7.07. The van der Waals surface area contributed by atoms with E-state index in [1.807, 2.05) is 16.8 Å². The predicted molar refractivity (Wildman–Crippen MR) is 97.5 cm³/mol. The molecule has 0 aromatic carbocycles. The van der Waals surface area contributed by atoms with Crippen molar-refractivity contribution < 1.29 is 24.1 Å². The Morgan fingerprint density at radius 1 is 1.30 bits per heavy atom. The summed E-state index contributed by atoms with van der Waals surface area (Å²) < 4.78 is 22.7. The molecule has 2 aliphatic heterocycles. The fourth-order valence-electron chi connectivity index (χ4n) is 3.25. The van der Waals surface area contributed by atoms with Crippen molar-refractivity contribution in [3.8, 4) is 11.9 Å². The summed E-state index contributed by atoms with van der Waals surface area (Å²) in [7, 11) is 0. The third kappa shape index (κ3) is 3.26. The smallest absolute Gasteiger partial charge is 0.296 e. The number of hydrogen-bond donors (Lipinski definition) is 2. The average Bonchev–Trinajstić information content (AvgIpc) is 3.41. The molecule has 0 amide bonds. The third-order valence-electron chi connectivity index (χ3n) is 4.57. The van der Waals surface area contributed by atoms with Crippen molar-refractivity contribution in [2.24, 2.45) is 0 Å². The fourth-order valence-corrected chi connectivity index (χ4v) is 4.11. The van der Waals surface area contributed by atoms with E-state index in [4.69, 9.17) is 30.5 Å². The highest BCUT2D eigenvalue weighted by atomic mass is 35.5. The van der Waals surface area contributed by atoms with Crippen molar-refractivity contribution in [2.45, 2.75) is 31.0 Å². The van der Waals surface area contributed by atoms with Crippen molar-refractivity contribution in [3.05, 3.63) is 33.5 Å². The Hall–Kier alpha value is -1.91. The lowest BCUT2D eigenvalue weighted by atomic mass is 10.1. The zero-order valence-electron chi connectivity index (χ0n) is 14.0. The molecule has 3 aromatic heterocycles. The van der Waals surface area contributed by atoms with E-state index in [1.54, 1.807) is 17.4 Å². The number of aliphatic hydroxyl groups excluding tert-OH is 1. The maximum absolute atomic E-state index is 9.81. The summed E-state index contributed by atoms with van der Waals surface area (Å²) in [5.74, 6) is 0.319. The molecule has 2 fully saturated rings. The first-order valence-corrected chi connectivity index (χ1v) is 9.77. The summed E-state index contributed by atoms with van der Waals surface area (Å²) in [4.78, 5) is 11.8. The molecule has 4 atom stereocenters. The lowest BCUT2D eigenvalue weighted by molar-refractivity contribution is 0.00706. The van der Waals surface area contributed by atoms with Gasteiger partial charge in [0.1, 0.15) is 29.9 Å². The highest BCUT2D eigenvalue weighted by Crippen LogP contribution is 2.31. The molecule has 0 spiro atoms. The van der Waals surface area contributed by atoms with E-state index in [1.165, 1.54) is 0 Å². The van der Waals surface area contributed by atoms with Gasteiger partial charge < -0.3 is 29.0 Å². The van der Waals surface area contributed by atoms with E-state index < -0.39 is 6.10 Å². The second-order valence-corrected chi connectivity index (χ2v) is 7.62. The Morgan fingerprint density at radius 2 is 2.19 bits per heavy atom. The van der Waals surface area contributed by atoms with Crippen molar-refractivity contribution in [1.82, 2.24) is 15.0 Å². The summed E-state index contributed by atoms with van der Waals surface area (Å²) in [5, 5.41) is 14.2. The van der Waals surface area contributed by atoms with E-state index in [9.17, 15) is 5.11 Å². The lowest BCUT2D eigenvalue weighted by Crippen LogP contribution is -2.34. The molecule has 0 bridgehead atoms. The van der Waals surface area contributed by atoms with Gasteiger partial charge in [0, 0.05) is 5.56 Å². The molecular weight excluding hydrogens is 394 g/mol. The number of nitrogens with zero attached hydrogens (tertiary/aromatic N) is 2. The minimum atomic E-state index is -0.623. The molecule has 1 unspecified atom stereocenters. The Kier molecular flexibility index (Phi) is 4.41. The first-order chi connectivity index (χ1) is 13.2. The number of pyridine rings is 1. The van der Waals surface area contributed by atoms with E-state index >= 15 is 0 Å². The number of thiophene rings is 1. The van der Waals surface area contributed by atoms with Crippen LogP contribution >= 0.6 is 22.9 Å². The van der Waals surface area contributed by atoms with Gasteiger partial charge in [-0.1, -0.05) is 11.6 Å². The molecule has 10 heteroatoms. The van der Waals surface area contributed by atoms with Crippen LogP contribution in [0.3, 0.4) is 0 Å². The molecule has 0 aliphatic carbocycles. The Balaban J connectivity index is 1.33. The zero-order chi connectivity index (χ0) is 18.4. The van der Waals surface area contributed by atoms with E-state index in [0.29, 0.717) is 41.3 Å². The molecule has 5 heterocycles. The van der Waals surface area contributed by atoms with E-state index in [2.05, 4.69) is 15.0 Å². The van der Waals surface area contributed by atoms with Crippen LogP contribution in [0.1, 0.15) is 5.56 Å². The first-order valence-electron chi connectivity index (χ1n) is 8.45. The van der Waals surface area contributed by atoms with Gasteiger partial charge in [-0.05, 0) is 22.9 Å². The van der Waals surface area contributed by atoms with Gasteiger partial charge in [0.15, 0.2) is 11.8 Å². The summed E-state index contributed by atoms with van der Waals surface area (Å²) in [6.07, 6.45) is -1.64. The second kappa shape index (κ2) is 6.92. The maximum atomic E-state index is 9.81. The van der Waals surface area contributed by atoms with Crippen LogP contribution in [-0.4, -0.2) is 57.7 Å². The van der Waals surface area contributed by atoms with Gasteiger partial charge in [-0.15, -0.1) is 0 Å². The maximum Gasteiger partial charge on any atom is 0.296 e. The van der Waals surface area contributed by atoms with Crippen molar-refractivity contribution in [3.63, 3.8) is 0 Å². The topological polar surface area (TPSA) is 98.7 Å². The van der Waals surface area contributed by atoms with Gasteiger partial charge in [-0.2, -0.15) is 21.3 Å². The standard InChI is InChI=1S/C17H16ClN3O5S/c18-9-3-10-15(20-16(9)25-4-8-1-2-27-7-8)21-17(19-10)26-12-6-24-13-11(22)5-23-14(12)13/h1-3,7,11-14,22H,4-6H2,(H,19,20,21)/t11-,12-,13-,14?/m1/s1. The lowest BCUT2D eigenvalue weighted by Gasteiger charge is -2.15. The van der Waals surface area contributed by atoms with Crippen LogP contribution in [0, 0.1) is 0 Å². The Bertz CT molecular complexity index is 950. The molecule has 2 N–H and O–H groups in total. The number of H-pyrrole nitrogens is 1. The quantitative estimate of drug-likeness (QED) is 0.666. The van der Waals surface area contributed by atoms with Crippen LogP contribution in [0.4, 0.5) is 0 Å². The first kappa shape index (κ1) is 17.2. The van der Waals surface area contributed by atoms with Crippen LogP contribution in [0.15, 0.2) is 22.9 Å².